The Bertz CT molecular complexity index is 1020. The number of carboxylic acid groups (broad SMARTS) is 1. The molecule has 0 saturated heterocycles. The van der Waals surface area contributed by atoms with Crippen LogP contribution in [-0.4, -0.2) is 31.0 Å². The Labute approximate surface area is 159 Å². The second-order valence-corrected chi connectivity index (χ2v) is 6.55. The predicted octanol–water partition coefficient (Wildman–Crippen LogP) is 3.14. The molecule has 0 atom stereocenters. The van der Waals surface area contributed by atoms with E-state index in [0.29, 0.717) is 5.82 Å². The van der Waals surface area contributed by atoms with Gasteiger partial charge in [-0.15, -0.1) is 0 Å². The van der Waals surface area contributed by atoms with E-state index in [0.717, 1.165) is 24.1 Å². The van der Waals surface area contributed by atoms with E-state index in [2.05, 4.69) is 19.9 Å². The lowest BCUT2D eigenvalue weighted by atomic mass is 9.70. The monoisotopic (exact) mass is 381 g/mol. The van der Waals surface area contributed by atoms with Crippen molar-refractivity contribution < 1.29 is 19.0 Å². The molecule has 3 N–H and O–H groups in total. The van der Waals surface area contributed by atoms with Gasteiger partial charge in [0.05, 0.1) is 18.1 Å². The summed E-state index contributed by atoms with van der Waals surface area (Å²) in [6.07, 6.45) is 6.16. The van der Waals surface area contributed by atoms with Crippen LogP contribution in [0, 0.1) is 5.82 Å². The molecule has 3 aromatic rings. The summed E-state index contributed by atoms with van der Waals surface area (Å²) in [4.78, 5) is 26.8. The van der Waals surface area contributed by atoms with Crippen molar-refractivity contribution in [2.45, 2.75) is 24.7 Å². The average Bonchev–Trinajstić information content (AvgIpc) is 2.64. The SMILES string of the molecule is Nc1cnc(C2CC(c3ccc(Oc4nccc(C(=O)O)n4)c(F)c3)C2)cn1. The molecule has 28 heavy (non-hydrogen) atoms. The van der Waals surface area contributed by atoms with Crippen molar-refractivity contribution in [3.63, 3.8) is 0 Å². The van der Waals surface area contributed by atoms with Crippen LogP contribution < -0.4 is 10.5 Å². The van der Waals surface area contributed by atoms with Crippen LogP contribution in [0.2, 0.25) is 0 Å². The molecule has 1 saturated carbocycles. The highest BCUT2D eigenvalue weighted by Crippen LogP contribution is 2.47. The van der Waals surface area contributed by atoms with Gasteiger partial charge in [-0.05, 0) is 42.5 Å². The molecule has 0 unspecified atom stereocenters. The van der Waals surface area contributed by atoms with Gasteiger partial charge in [0.15, 0.2) is 17.3 Å². The Balaban J connectivity index is 1.43. The van der Waals surface area contributed by atoms with E-state index in [4.69, 9.17) is 15.6 Å². The lowest BCUT2D eigenvalue weighted by molar-refractivity contribution is 0.0689. The number of carbonyl (C=O) groups is 1. The number of halogens is 1. The number of anilines is 1. The minimum absolute atomic E-state index is 0.0634. The summed E-state index contributed by atoms with van der Waals surface area (Å²) in [7, 11) is 0. The summed E-state index contributed by atoms with van der Waals surface area (Å²) in [5.74, 6) is -0.948. The number of benzene rings is 1. The van der Waals surface area contributed by atoms with Crippen LogP contribution in [0.1, 0.15) is 46.4 Å². The molecular weight excluding hydrogens is 365 g/mol. The van der Waals surface area contributed by atoms with E-state index in [1.807, 2.05) is 0 Å². The summed E-state index contributed by atoms with van der Waals surface area (Å²) in [6, 6.07) is 5.71. The van der Waals surface area contributed by atoms with E-state index in [1.54, 1.807) is 12.3 Å². The number of nitrogens with two attached hydrogens (primary N) is 1. The number of aromatic nitrogens is 4. The van der Waals surface area contributed by atoms with E-state index >= 15 is 0 Å². The molecule has 1 fully saturated rings. The Kier molecular flexibility index (Phi) is 4.56. The third-order valence-electron chi connectivity index (χ3n) is 4.73. The minimum atomic E-state index is -1.21. The summed E-state index contributed by atoms with van der Waals surface area (Å²) in [6.45, 7) is 0. The minimum Gasteiger partial charge on any atom is -0.477 e. The van der Waals surface area contributed by atoms with Crippen LogP contribution in [0.3, 0.4) is 0 Å². The molecule has 0 radical (unpaired) electrons. The van der Waals surface area contributed by atoms with E-state index in [1.165, 1.54) is 30.6 Å². The number of rotatable bonds is 5. The van der Waals surface area contributed by atoms with Gasteiger partial charge in [-0.3, -0.25) is 4.98 Å². The van der Waals surface area contributed by atoms with Gasteiger partial charge in [0.2, 0.25) is 0 Å². The first-order valence-corrected chi connectivity index (χ1v) is 8.60. The number of nitrogens with zero attached hydrogens (tertiary/aromatic N) is 4. The highest BCUT2D eigenvalue weighted by molar-refractivity contribution is 5.85. The smallest absolute Gasteiger partial charge is 0.354 e. The first-order chi connectivity index (χ1) is 13.5. The third kappa shape index (κ3) is 3.59. The molecule has 8 nitrogen and oxygen atoms in total. The second-order valence-electron chi connectivity index (χ2n) is 6.55. The summed E-state index contributed by atoms with van der Waals surface area (Å²) >= 11 is 0. The molecule has 1 aliphatic rings. The average molecular weight is 381 g/mol. The fourth-order valence-corrected chi connectivity index (χ4v) is 3.15. The number of hydrogen-bond donors (Lipinski definition) is 2. The molecule has 2 heterocycles. The maximum Gasteiger partial charge on any atom is 0.354 e. The predicted molar refractivity (Wildman–Crippen MR) is 96.6 cm³/mol. The highest BCUT2D eigenvalue weighted by atomic mass is 19.1. The van der Waals surface area contributed by atoms with Crippen molar-refractivity contribution in [2.75, 3.05) is 5.73 Å². The molecule has 1 aromatic carbocycles. The van der Waals surface area contributed by atoms with Gasteiger partial charge in [0, 0.05) is 12.1 Å². The van der Waals surface area contributed by atoms with E-state index in [9.17, 15) is 9.18 Å². The maximum atomic E-state index is 14.4. The molecule has 4 rings (SSSR count). The van der Waals surface area contributed by atoms with Crippen molar-refractivity contribution in [3.8, 4) is 11.8 Å². The van der Waals surface area contributed by atoms with Crippen LogP contribution in [-0.2, 0) is 0 Å². The Morgan fingerprint density at radius 1 is 1.14 bits per heavy atom. The van der Waals surface area contributed by atoms with Gasteiger partial charge in [0.1, 0.15) is 5.82 Å². The molecule has 0 bridgehead atoms. The lowest BCUT2D eigenvalue weighted by Gasteiger charge is -2.35. The van der Waals surface area contributed by atoms with Gasteiger partial charge < -0.3 is 15.6 Å². The number of hydrogen-bond acceptors (Lipinski definition) is 7. The van der Waals surface area contributed by atoms with Crippen LogP contribution >= 0.6 is 0 Å². The Morgan fingerprint density at radius 2 is 1.96 bits per heavy atom. The zero-order chi connectivity index (χ0) is 19.7. The molecule has 2 aromatic heterocycles. The largest absolute Gasteiger partial charge is 0.477 e. The van der Waals surface area contributed by atoms with E-state index in [-0.39, 0.29) is 29.3 Å². The lowest BCUT2D eigenvalue weighted by Crippen LogP contribution is -2.21. The quantitative estimate of drug-likeness (QED) is 0.691. The van der Waals surface area contributed by atoms with E-state index < -0.39 is 11.8 Å². The van der Waals surface area contributed by atoms with Gasteiger partial charge in [-0.1, -0.05) is 6.07 Å². The van der Waals surface area contributed by atoms with Crippen molar-refractivity contribution in [2.24, 2.45) is 0 Å². The van der Waals surface area contributed by atoms with Crippen LogP contribution in [0.25, 0.3) is 0 Å². The fourth-order valence-electron chi connectivity index (χ4n) is 3.15. The zero-order valence-corrected chi connectivity index (χ0v) is 14.6. The van der Waals surface area contributed by atoms with Crippen LogP contribution in [0.4, 0.5) is 10.2 Å². The maximum absolute atomic E-state index is 14.4. The topological polar surface area (TPSA) is 124 Å². The first kappa shape index (κ1) is 17.8. The molecule has 142 valence electrons. The van der Waals surface area contributed by atoms with Gasteiger partial charge in [-0.25, -0.2) is 19.2 Å². The summed E-state index contributed by atoms with van der Waals surface area (Å²) in [5, 5.41) is 8.94. The summed E-state index contributed by atoms with van der Waals surface area (Å²) < 4.78 is 19.7. The van der Waals surface area contributed by atoms with Crippen molar-refractivity contribution in [3.05, 3.63) is 65.6 Å². The van der Waals surface area contributed by atoms with Gasteiger partial charge >= 0.3 is 12.0 Å². The van der Waals surface area contributed by atoms with Gasteiger partial charge in [-0.2, -0.15) is 4.98 Å². The number of aromatic carboxylic acids is 1. The number of carboxylic acids is 1. The number of ether oxygens (including phenoxy) is 1. The Morgan fingerprint density at radius 3 is 2.64 bits per heavy atom. The van der Waals surface area contributed by atoms with Crippen molar-refractivity contribution in [1.29, 1.82) is 0 Å². The third-order valence-corrected chi connectivity index (χ3v) is 4.73. The Hall–Kier alpha value is -3.62. The highest BCUT2D eigenvalue weighted by Gasteiger charge is 2.33. The molecule has 0 aliphatic heterocycles. The normalized spacial score (nSPS) is 18.3. The van der Waals surface area contributed by atoms with Crippen molar-refractivity contribution in [1.82, 2.24) is 19.9 Å². The molecule has 1 aliphatic carbocycles. The van der Waals surface area contributed by atoms with Gasteiger partial charge in [0.25, 0.3) is 0 Å². The fraction of sp³-hybridized carbons (Fsp3) is 0.211. The molecule has 0 amide bonds. The van der Waals surface area contributed by atoms with Crippen LogP contribution in [0.15, 0.2) is 42.9 Å². The molecule has 0 spiro atoms. The van der Waals surface area contributed by atoms with Crippen LogP contribution in [0.5, 0.6) is 11.8 Å². The van der Waals surface area contributed by atoms with Crippen molar-refractivity contribution >= 4 is 11.8 Å². The molecule has 9 heteroatoms. The standard InChI is InChI=1S/C19H16FN5O3/c20-13-7-10(11-5-12(6-11)15-8-24-17(21)9-23-15)1-2-16(13)28-19-22-4-3-14(25-19)18(26)27/h1-4,7-9,11-12H,5-6H2,(H2,21,24)(H,26,27). The number of nitrogen functional groups attached to an aromatic ring is 1. The second kappa shape index (κ2) is 7.18. The molecular formula is C19H16FN5O3. The first-order valence-electron chi connectivity index (χ1n) is 8.60. The zero-order valence-electron chi connectivity index (χ0n) is 14.6. The summed E-state index contributed by atoms with van der Waals surface area (Å²) in [5.41, 5.74) is 7.08.